The molecule has 1 heterocycles. The molecule has 2 nitrogen and oxygen atoms in total. The molecule has 1 aliphatic rings. The molecule has 0 saturated carbocycles. The van der Waals surface area contributed by atoms with Gasteiger partial charge in [0, 0.05) is 6.61 Å². The predicted molar refractivity (Wildman–Crippen MR) is 62.2 cm³/mol. The Hall–Kier alpha value is -0.795. The normalized spacial score (nSPS) is 15.6. The molecule has 0 bridgehead atoms. The summed E-state index contributed by atoms with van der Waals surface area (Å²) in [4.78, 5) is 0. The van der Waals surface area contributed by atoms with Gasteiger partial charge in [-0.3, -0.25) is 0 Å². The van der Waals surface area contributed by atoms with Crippen molar-refractivity contribution < 1.29 is 9.68 Å². The highest BCUT2D eigenvalue weighted by Gasteiger charge is 2.25. The van der Waals surface area contributed by atoms with Gasteiger partial charge in [-0.2, -0.15) is 0 Å². The molecule has 0 unspecified atom stereocenters. The summed E-state index contributed by atoms with van der Waals surface area (Å²) >= 11 is 0. The summed E-state index contributed by atoms with van der Waals surface area (Å²) in [5, 5.41) is 9.70. The zero-order valence-corrected chi connectivity index (χ0v) is 9.36. The summed E-state index contributed by atoms with van der Waals surface area (Å²) in [6, 6.07) is 6.13. The van der Waals surface area contributed by atoms with E-state index in [-0.39, 0.29) is 0 Å². The first-order valence-electron chi connectivity index (χ1n) is 5.59. The van der Waals surface area contributed by atoms with Crippen LogP contribution in [-0.2, 0) is 17.5 Å². The smallest absolute Gasteiger partial charge is 0.423 e. The van der Waals surface area contributed by atoms with Crippen LogP contribution >= 0.6 is 0 Å². The maximum absolute atomic E-state index is 9.70. The quantitative estimate of drug-likeness (QED) is 0.732. The summed E-state index contributed by atoms with van der Waals surface area (Å²) in [7, 11) is -0.721. The standard InChI is InChI=1S/C12H17BO2/c1-9(2)8-10-4-3-5-12-11(10)6-7-15-13(12)14/h3-5,9,14H,6-8H2,1-2H3. The van der Waals surface area contributed by atoms with Gasteiger partial charge in [-0.25, -0.2) is 0 Å². The second-order valence-corrected chi connectivity index (χ2v) is 4.56. The van der Waals surface area contributed by atoms with Crippen molar-refractivity contribution in [2.45, 2.75) is 26.7 Å². The van der Waals surface area contributed by atoms with Gasteiger partial charge in [-0.1, -0.05) is 32.0 Å². The maximum Gasteiger partial charge on any atom is 0.491 e. The molecule has 1 aliphatic heterocycles. The van der Waals surface area contributed by atoms with Crippen LogP contribution in [0, 0.1) is 5.92 Å². The van der Waals surface area contributed by atoms with Gasteiger partial charge in [0.05, 0.1) is 0 Å². The first-order valence-corrected chi connectivity index (χ1v) is 5.59. The summed E-state index contributed by atoms with van der Waals surface area (Å²) in [6.07, 6.45) is 2.01. The second kappa shape index (κ2) is 4.37. The molecular formula is C12H17BO2. The number of benzene rings is 1. The van der Waals surface area contributed by atoms with Gasteiger partial charge in [-0.05, 0) is 35.3 Å². The Morgan fingerprint density at radius 1 is 1.47 bits per heavy atom. The molecule has 0 atom stereocenters. The van der Waals surface area contributed by atoms with E-state index in [2.05, 4.69) is 19.9 Å². The van der Waals surface area contributed by atoms with Crippen LogP contribution in [0.2, 0.25) is 0 Å². The van der Waals surface area contributed by atoms with Crippen molar-refractivity contribution in [3.05, 3.63) is 29.3 Å². The lowest BCUT2D eigenvalue weighted by Crippen LogP contribution is -2.41. The highest BCUT2D eigenvalue weighted by molar-refractivity contribution is 6.60. The molecule has 15 heavy (non-hydrogen) atoms. The molecule has 0 radical (unpaired) electrons. The zero-order valence-electron chi connectivity index (χ0n) is 9.36. The number of rotatable bonds is 2. The molecule has 1 N–H and O–H groups in total. The molecule has 80 valence electrons. The minimum Gasteiger partial charge on any atom is -0.423 e. The van der Waals surface area contributed by atoms with Gasteiger partial charge in [0.2, 0.25) is 0 Å². The van der Waals surface area contributed by atoms with Crippen molar-refractivity contribution in [1.82, 2.24) is 0 Å². The van der Waals surface area contributed by atoms with Crippen molar-refractivity contribution in [2.75, 3.05) is 6.61 Å². The Kier molecular flexibility index (Phi) is 3.12. The first-order chi connectivity index (χ1) is 7.18. The minimum absolute atomic E-state index is 0.628. The second-order valence-electron chi connectivity index (χ2n) is 4.56. The Balaban J connectivity index is 2.35. The minimum atomic E-state index is -0.721. The molecule has 0 saturated heterocycles. The molecule has 0 aromatic heterocycles. The van der Waals surface area contributed by atoms with Crippen LogP contribution in [0.5, 0.6) is 0 Å². The van der Waals surface area contributed by atoms with Crippen LogP contribution in [0.15, 0.2) is 18.2 Å². The van der Waals surface area contributed by atoms with Crippen molar-refractivity contribution in [3.63, 3.8) is 0 Å². The Morgan fingerprint density at radius 2 is 2.27 bits per heavy atom. The Morgan fingerprint density at radius 3 is 3.00 bits per heavy atom. The van der Waals surface area contributed by atoms with Crippen LogP contribution in [0.4, 0.5) is 0 Å². The molecule has 0 spiro atoms. The lowest BCUT2D eigenvalue weighted by Gasteiger charge is -2.22. The predicted octanol–water partition coefficient (Wildman–Crippen LogP) is 1.15. The van der Waals surface area contributed by atoms with Gasteiger partial charge in [-0.15, -0.1) is 0 Å². The van der Waals surface area contributed by atoms with Crippen LogP contribution in [0.3, 0.4) is 0 Å². The van der Waals surface area contributed by atoms with E-state index in [1.165, 1.54) is 11.1 Å². The largest absolute Gasteiger partial charge is 0.491 e. The molecule has 0 amide bonds. The maximum atomic E-state index is 9.70. The van der Waals surface area contributed by atoms with Crippen LogP contribution in [-0.4, -0.2) is 18.7 Å². The third kappa shape index (κ3) is 2.24. The summed E-state index contributed by atoms with van der Waals surface area (Å²) in [6.45, 7) is 5.06. The van der Waals surface area contributed by atoms with Crippen molar-refractivity contribution >= 4 is 12.6 Å². The van der Waals surface area contributed by atoms with E-state index in [0.29, 0.717) is 12.5 Å². The topological polar surface area (TPSA) is 29.5 Å². The van der Waals surface area contributed by atoms with Gasteiger partial charge in [0.15, 0.2) is 0 Å². The summed E-state index contributed by atoms with van der Waals surface area (Å²) < 4.78 is 5.22. The van der Waals surface area contributed by atoms with E-state index >= 15 is 0 Å². The fraction of sp³-hybridized carbons (Fsp3) is 0.500. The number of hydrogen-bond donors (Lipinski definition) is 1. The van der Waals surface area contributed by atoms with Gasteiger partial charge < -0.3 is 9.68 Å². The Labute approximate surface area is 91.4 Å². The van der Waals surface area contributed by atoms with Crippen LogP contribution in [0.25, 0.3) is 0 Å². The van der Waals surface area contributed by atoms with E-state index < -0.39 is 7.12 Å². The first kappa shape index (κ1) is 10.7. The summed E-state index contributed by atoms with van der Waals surface area (Å²) in [5.41, 5.74) is 3.62. The zero-order chi connectivity index (χ0) is 10.8. The molecule has 3 heteroatoms. The third-order valence-corrected chi connectivity index (χ3v) is 2.83. The average molecular weight is 204 g/mol. The average Bonchev–Trinajstić information content (AvgIpc) is 2.19. The molecule has 0 fully saturated rings. The molecular weight excluding hydrogens is 187 g/mol. The highest BCUT2D eigenvalue weighted by Crippen LogP contribution is 2.16. The number of hydrogen-bond acceptors (Lipinski definition) is 2. The van der Waals surface area contributed by atoms with Gasteiger partial charge >= 0.3 is 7.12 Å². The molecule has 1 aromatic rings. The Bertz CT molecular complexity index is 349. The SMILES string of the molecule is CC(C)Cc1cccc2c1CCOB2O. The fourth-order valence-electron chi connectivity index (χ4n) is 2.18. The lowest BCUT2D eigenvalue weighted by atomic mass is 9.72. The van der Waals surface area contributed by atoms with E-state index in [4.69, 9.17) is 4.65 Å². The fourth-order valence-corrected chi connectivity index (χ4v) is 2.18. The van der Waals surface area contributed by atoms with Crippen molar-refractivity contribution in [2.24, 2.45) is 5.92 Å². The molecule has 2 rings (SSSR count). The van der Waals surface area contributed by atoms with E-state index in [0.717, 1.165) is 18.3 Å². The van der Waals surface area contributed by atoms with Gasteiger partial charge in [0.25, 0.3) is 0 Å². The third-order valence-electron chi connectivity index (χ3n) is 2.83. The lowest BCUT2D eigenvalue weighted by molar-refractivity contribution is 0.265. The monoisotopic (exact) mass is 204 g/mol. The van der Waals surface area contributed by atoms with Crippen molar-refractivity contribution in [1.29, 1.82) is 0 Å². The van der Waals surface area contributed by atoms with Gasteiger partial charge in [0.1, 0.15) is 0 Å². The van der Waals surface area contributed by atoms with E-state index in [9.17, 15) is 5.02 Å². The molecule has 1 aromatic carbocycles. The summed E-state index contributed by atoms with van der Waals surface area (Å²) in [5.74, 6) is 0.650. The van der Waals surface area contributed by atoms with Crippen LogP contribution < -0.4 is 5.46 Å². The van der Waals surface area contributed by atoms with E-state index in [1.54, 1.807) is 0 Å². The van der Waals surface area contributed by atoms with Crippen LogP contribution in [0.1, 0.15) is 25.0 Å². The highest BCUT2D eigenvalue weighted by atomic mass is 16.5. The van der Waals surface area contributed by atoms with E-state index in [1.807, 2.05) is 12.1 Å². The van der Waals surface area contributed by atoms with Crippen molar-refractivity contribution in [3.8, 4) is 0 Å². The number of fused-ring (bicyclic) bond motifs is 1. The molecule has 0 aliphatic carbocycles.